The molecule has 3 heteroatoms. The van der Waals surface area contributed by atoms with Gasteiger partial charge in [-0.05, 0) is 47.9 Å². The Morgan fingerprint density at radius 1 is 1.18 bits per heavy atom. The minimum Gasteiger partial charge on any atom is -0.496 e. The number of methoxy groups -OCH3 is 1. The van der Waals surface area contributed by atoms with Gasteiger partial charge < -0.3 is 10.5 Å². The van der Waals surface area contributed by atoms with Gasteiger partial charge in [0.1, 0.15) is 5.75 Å². The van der Waals surface area contributed by atoms with Gasteiger partial charge in [0.05, 0.1) is 7.11 Å². The number of nitrogens with two attached hydrogens (primary N) is 1. The van der Waals surface area contributed by atoms with Crippen LogP contribution < -0.4 is 10.5 Å². The summed E-state index contributed by atoms with van der Waals surface area (Å²) in [5.74, 6) is 0.903. The minimum atomic E-state index is -0.165. The largest absolute Gasteiger partial charge is 0.496 e. The topological polar surface area (TPSA) is 35.2 Å². The number of fused-ring (bicyclic) bond motifs is 1. The molecule has 0 bridgehead atoms. The summed E-state index contributed by atoms with van der Waals surface area (Å²) >= 11 is 3.50. The van der Waals surface area contributed by atoms with E-state index >= 15 is 0 Å². The van der Waals surface area contributed by atoms with Gasteiger partial charge in [-0.3, -0.25) is 0 Å². The van der Waals surface area contributed by atoms with Crippen LogP contribution >= 0.6 is 15.9 Å². The summed E-state index contributed by atoms with van der Waals surface area (Å²) in [5.41, 5.74) is 7.25. The summed E-state index contributed by atoms with van der Waals surface area (Å²) in [5, 5.41) is 2.38. The molecule has 2 aromatic rings. The highest BCUT2D eigenvalue weighted by Gasteiger charge is 2.42. The first-order valence-corrected chi connectivity index (χ1v) is 6.48. The second kappa shape index (κ2) is 3.72. The van der Waals surface area contributed by atoms with E-state index in [1.807, 2.05) is 6.07 Å². The van der Waals surface area contributed by atoms with E-state index < -0.39 is 0 Å². The van der Waals surface area contributed by atoms with E-state index in [0.717, 1.165) is 28.6 Å². The van der Waals surface area contributed by atoms with Gasteiger partial charge in [-0.15, -0.1) is 0 Å². The van der Waals surface area contributed by atoms with Gasteiger partial charge in [0, 0.05) is 15.6 Å². The summed E-state index contributed by atoms with van der Waals surface area (Å²) in [4.78, 5) is 0. The first-order valence-electron chi connectivity index (χ1n) is 5.69. The zero-order valence-corrected chi connectivity index (χ0v) is 11.3. The molecule has 0 saturated heterocycles. The van der Waals surface area contributed by atoms with Crippen molar-refractivity contribution in [3.05, 3.63) is 40.4 Å². The van der Waals surface area contributed by atoms with Crippen molar-refractivity contribution >= 4 is 26.7 Å². The molecule has 0 radical (unpaired) electrons. The molecule has 0 spiro atoms. The number of hydrogen-bond acceptors (Lipinski definition) is 2. The fourth-order valence-corrected chi connectivity index (χ4v) is 2.59. The lowest BCUT2D eigenvalue weighted by Crippen LogP contribution is -2.19. The zero-order valence-electron chi connectivity index (χ0n) is 9.66. The molecular formula is C14H14BrNO. The molecule has 1 fully saturated rings. The average molecular weight is 292 g/mol. The molecule has 2 aromatic carbocycles. The maximum Gasteiger partial charge on any atom is 0.124 e. The lowest BCUT2D eigenvalue weighted by atomic mass is 9.99. The summed E-state index contributed by atoms with van der Waals surface area (Å²) in [6.07, 6.45) is 2.09. The van der Waals surface area contributed by atoms with Crippen LogP contribution in [0.4, 0.5) is 0 Å². The summed E-state index contributed by atoms with van der Waals surface area (Å²) < 4.78 is 6.54. The Morgan fingerprint density at radius 3 is 2.59 bits per heavy atom. The quantitative estimate of drug-likeness (QED) is 0.918. The van der Waals surface area contributed by atoms with Crippen molar-refractivity contribution in [2.24, 2.45) is 5.73 Å². The Kier molecular flexibility index (Phi) is 2.42. The molecule has 0 aromatic heterocycles. The molecule has 0 heterocycles. The second-order valence-electron chi connectivity index (χ2n) is 4.70. The predicted molar refractivity (Wildman–Crippen MR) is 73.3 cm³/mol. The van der Waals surface area contributed by atoms with Crippen molar-refractivity contribution in [1.82, 2.24) is 0 Å². The Labute approximate surface area is 109 Å². The van der Waals surface area contributed by atoms with Crippen LogP contribution in [0.15, 0.2) is 34.8 Å². The van der Waals surface area contributed by atoms with E-state index in [2.05, 4.69) is 40.2 Å². The third-order valence-corrected chi connectivity index (χ3v) is 3.94. The Bertz CT molecular complexity index is 590. The number of halogens is 1. The molecule has 2 N–H and O–H groups in total. The van der Waals surface area contributed by atoms with Crippen LogP contribution in [0.5, 0.6) is 5.75 Å². The molecule has 1 aliphatic carbocycles. The number of rotatable bonds is 2. The minimum absolute atomic E-state index is 0.165. The fourth-order valence-electron chi connectivity index (χ4n) is 2.21. The van der Waals surface area contributed by atoms with Gasteiger partial charge in [0.25, 0.3) is 0 Å². The van der Waals surface area contributed by atoms with Crippen molar-refractivity contribution in [3.63, 3.8) is 0 Å². The normalized spacial score (nSPS) is 17.1. The van der Waals surface area contributed by atoms with E-state index in [4.69, 9.17) is 10.5 Å². The maximum atomic E-state index is 6.28. The van der Waals surface area contributed by atoms with Gasteiger partial charge in [0.15, 0.2) is 0 Å². The van der Waals surface area contributed by atoms with Crippen LogP contribution in [-0.4, -0.2) is 7.11 Å². The van der Waals surface area contributed by atoms with Gasteiger partial charge in [-0.25, -0.2) is 0 Å². The molecule has 0 aliphatic heterocycles. The summed E-state index contributed by atoms with van der Waals surface area (Å²) in [6.45, 7) is 0. The third kappa shape index (κ3) is 1.83. The fraction of sp³-hybridized carbons (Fsp3) is 0.286. The standard InChI is InChI=1S/C14H14BrNO/c1-17-13-8-9-2-3-11(15)6-10(9)7-12(13)14(16)4-5-14/h2-3,6-8H,4-5,16H2,1H3. The molecular weight excluding hydrogens is 278 g/mol. The highest BCUT2D eigenvalue weighted by molar-refractivity contribution is 9.10. The summed E-state index contributed by atoms with van der Waals surface area (Å²) in [6, 6.07) is 10.5. The monoisotopic (exact) mass is 291 g/mol. The van der Waals surface area contributed by atoms with E-state index in [1.165, 1.54) is 10.8 Å². The zero-order chi connectivity index (χ0) is 12.0. The van der Waals surface area contributed by atoms with Crippen LogP contribution in [0.25, 0.3) is 10.8 Å². The van der Waals surface area contributed by atoms with Gasteiger partial charge in [-0.2, -0.15) is 0 Å². The van der Waals surface area contributed by atoms with Crippen molar-refractivity contribution < 1.29 is 4.74 Å². The molecule has 0 unspecified atom stereocenters. The average Bonchev–Trinajstić information content (AvgIpc) is 3.07. The predicted octanol–water partition coefficient (Wildman–Crippen LogP) is 3.56. The number of hydrogen-bond donors (Lipinski definition) is 1. The molecule has 0 atom stereocenters. The van der Waals surface area contributed by atoms with E-state index in [1.54, 1.807) is 7.11 Å². The Hall–Kier alpha value is -1.06. The first kappa shape index (κ1) is 11.1. The van der Waals surface area contributed by atoms with E-state index in [-0.39, 0.29) is 5.54 Å². The summed E-state index contributed by atoms with van der Waals surface area (Å²) in [7, 11) is 1.70. The van der Waals surface area contributed by atoms with Crippen molar-refractivity contribution in [2.45, 2.75) is 18.4 Å². The van der Waals surface area contributed by atoms with Crippen LogP contribution in [0.1, 0.15) is 18.4 Å². The van der Waals surface area contributed by atoms with Crippen LogP contribution in [0.2, 0.25) is 0 Å². The van der Waals surface area contributed by atoms with Gasteiger partial charge in [0.2, 0.25) is 0 Å². The highest BCUT2D eigenvalue weighted by Crippen LogP contribution is 2.47. The SMILES string of the molecule is COc1cc2ccc(Br)cc2cc1C1(N)CC1. The Balaban J connectivity index is 2.26. The smallest absolute Gasteiger partial charge is 0.124 e. The molecule has 0 amide bonds. The lowest BCUT2D eigenvalue weighted by molar-refractivity contribution is 0.405. The number of ether oxygens (including phenoxy) is 1. The van der Waals surface area contributed by atoms with Crippen LogP contribution in [0.3, 0.4) is 0 Å². The maximum absolute atomic E-state index is 6.28. The van der Waals surface area contributed by atoms with Crippen molar-refractivity contribution in [3.8, 4) is 5.75 Å². The number of benzene rings is 2. The molecule has 1 aliphatic rings. The molecule has 3 rings (SSSR count). The van der Waals surface area contributed by atoms with Crippen molar-refractivity contribution in [1.29, 1.82) is 0 Å². The molecule has 88 valence electrons. The van der Waals surface area contributed by atoms with E-state index in [0.29, 0.717) is 0 Å². The third-order valence-electron chi connectivity index (χ3n) is 3.45. The second-order valence-corrected chi connectivity index (χ2v) is 5.62. The van der Waals surface area contributed by atoms with Gasteiger partial charge in [-0.1, -0.05) is 22.0 Å². The van der Waals surface area contributed by atoms with E-state index in [9.17, 15) is 0 Å². The Morgan fingerprint density at radius 2 is 1.94 bits per heavy atom. The van der Waals surface area contributed by atoms with Crippen molar-refractivity contribution in [2.75, 3.05) is 7.11 Å². The lowest BCUT2D eigenvalue weighted by Gasteiger charge is -2.15. The molecule has 1 saturated carbocycles. The molecule has 2 nitrogen and oxygen atoms in total. The first-order chi connectivity index (χ1) is 8.12. The highest BCUT2D eigenvalue weighted by atomic mass is 79.9. The van der Waals surface area contributed by atoms with Gasteiger partial charge >= 0.3 is 0 Å². The molecule has 17 heavy (non-hydrogen) atoms. The van der Waals surface area contributed by atoms with Crippen LogP contribution in [0, 0.1) is 0 Å². The van der Waals surface area contributed by atoms with Crippen LogP contribution in [-0.2, 0) is 5.54 Å².